The number of nitrogens with one attached hydrogen (secondary N) is 3. The van der Waals surface area contributed by atoms with Gasteiger partial charge in [0.05, 0.1) is 0 Å². The summed E-state index contributed by atoms with van der Waals surface area (Å²) in [6, 6.07) is 17.2. The van der Waals surface area contributed by atoms with Crippen LogP contribution in [0.5, 0.6) is 0 Å². The Morgan fingerprint density at radius 3 is 2.04 bits per heavy atom. The highest BCUT2D eigenvalue weighted by molar-refractivity contribution is 5.93. The third kappa shape index (κ3) is 6.10. The molecule has 0 unspecified atom stereocenters. The molecule has 0 bridgehead atoms. The molecule has 2 rings (SSSR count). The Bertz CT molecular complexity index is 656. The van der Waals surface area contributed by atoms with Gasteiger partial charge in [-0.15, -0.1) is 0 Å². The summed E-state index contributed by atoms with van der Waals surface area (Å²) in [6.07, 6.45) is 0.292. The first-order valence-corrected chi connectivity index (χ1v) is 7.86. The maximum absolute atomic E-state index is 11.8. The predicted octanol–water partition coefficient (Wildman–Crippen LogP) is 2.22. The lowest BCUT2D eigenvalue weighted by molar-refractivity contribution is -0.124. The average molecular weight is 326 g/mol. The fourth-order valence-electron chi connectivity index (χ4n) is 2.08. The summed E-state index contributed by atoms with van der Waals surface area (Å²) in [4.78, 5) is 23.3. The number of amides is 2. The first-order valence-electron chi connectivity index (χ1n) is 7.86. The molecule has 2 aromatic rings. The van der Waals surface area contributed by atoms with Gasteiger partial charge in [0, 0.05) is 43.0 Å². The summed E-state index contributed by atoms with van der Waals surface area (Å²) >= 11 is 0. The van der Waals surface area contributed by atoms with Crippen LogP contribution in [0.4, 0.5) is 17.1 Å². The van der Waals surface area contributed by atoms with E-state index in [4.69, 9.17) is 5.73 Å². The van der Waals surface area contributed by atoms with Crippen molar-refractivity contribution in [1.29, 1.82) is 0 Å². The molecule has 0 radical (unpaired) electrons. The second-order valence-electron chi connectivity index (χ2n) is 5.26. The van der Waals surface area contributed by atoms with Crippen LogP contribution in [0.1, 0.15) is 12.8 Å². The van der Waals surface area contributed by atoms with E-state index in [9.17, 15) is 9.59 Å². The lowest BCUT2D eigenvalue weighted by atomic mass is 10.2. The van der Waals surface area contributed by atoms with Crippen molar-refractivity contribution in [2.45, 2.75) is 12.8 Å². The molecule has 0 aliphatic heterocycles. The number of rotatable bonds is 8. The first kappa shape index (κ1) is 17.5. The Kier molecular flexibility index (Phi) is 6.79. The number of carbonyl (C=O) groups excluding carboxylic acids is 2. The minimum absolute atomic E-state index is 0.139. The lowest BCUT2D eigenvalue weighted by Gasteiger charge is -2.09. The van der Waals surface area contributed by atoms with Crippen molar-refractivity contribution < 1.29 is 9.59 Å². The van der Waals surface area contributed by atoms with Crippen molar-refractivity contribution in [1.82, 2.24) is 5.32 Å². The largest absolute Gasteiger partial charge is 0.356 e. The van der Waals surface area contributed by atoms with Crippen LogP contribution >= 0.6 is 0 Å². The van der Waals surface area contributed by atoms with E-state index in [2.05, 4.69) is 16.0 Å². The van der Waals surface area contributed by atoms with Crippen molar-refractivity contribution in [3.05, 3.63) is 54.6 Å². The van der Waals surface area contributed by atoms with E-state index >= 15 is 0 Å². The monoisotopic (exact) mass is 326 g/mol. The van der Waals surface area contributed by atoms with Gasteiger partial charge in [0.15, 0.2) is 0 Å². The molecule has 6 heteroatoms. The third-order valence-electron chi connectivity index (χ3n) is 3.28. The molecule has 0 aliphatic rings. The normalized spacial score (nSPS) is 10.0. The standard InChI is InChI=1S/C18H22N4O2/c19-12-13-20-17(23)10-11-18(24)22-16-8-6-15(7-9-16)21-14-4-2-1-3-5-14/h1-9,21H,10-13,19H2,(H,20,23)(H,22,24). The molecule has 5 N–H and O–H groups in total. The van der Waals surface area contributed by atoms with E-state index in [1.54, 1.807) is 0 Å². The predicted molar refractivity (Wildman–Crippen MR) is 96.1 cm³/mol. The summed E-state index contributed by atoms with van der Waals surface area (Å²) in [5.41, 5.74) is 7.92. The highest BCUT2D eigenvalue weighted by Crippen LogP contribution is 2.18. The van der Waals surface area contributed by atoms with Crippen molar-refractivity contribution >= 4 is 28.9 Å². The Morgan fingerprint density at radius 1 is 0.792 bits per heavy atom. The van der Waals surface area contributed by atoms with E-state index in [-0.39, 0.29) is 24.7 Å². The number of hydrogen-bond acceptors (Lipinski definition) is 4. The van der Waals surface area contributed by atoms with Crippen LogP contribution in [-0.2, 0) is 9.59 Å². The highest BCUT2D eigenvalue weighted by atomic mass is 16.2. The van der Waals surface area contributed by atoms with Gasteiger partial charge in [-0.3, -0.25) is 9.59 Å². The van der Waals surface area contributed by atoms with E-state index in [0.717, 1.165) is 11.4 Å². The van der Waals surface area contributed by atoms with Crippen molar-refractivity contribution in [2.24, 2.45) is 5.73 Å². The van der Waals surface area contributed by atoms with Gasteiger partial charge in [0.25, 0.3) is 0 Å². The van der Waals surface area contributed by atoms with Gasteiger partial charge in [-0.1, -0.05) is 18.2 Å². The van der Waals surface area contributed by atoms with E-state index in [0.29, 0.717) is 18.8 Å². The van der Waals surface area contributed by atoms with Crippen LogP contribution in [0, 0.1) is 0 Å². The first-order chi connectivity index (χ1) is 11.7. The fraction of sp³-hybridized carbons (Fsp3) is 0.222. The Labute approximate surface area is 141 Å². The molecular weight excluding hydrogens is 304 g/mol. The molecule has 0 saturated heterocycles. The van der Waals surface area contributed by atoms with Crippen LogP contribution < -0.4 is 21.7 Å². The van der Waals surface area contributed by atoms with E-state index < -0.39 is 0 Å². The zero-order valence-electron chi connectivity index (χ0n) is 13.4. The molecule has 0 heterocycles. The number of nitrogens with two attached hydrogens (primary N) is 1. The zero-order valence-corrected chi connectivity index (χ0v) is 13.4. The topological polar surface area (TPSA) is 96.2 Å². The van der Waals surface area contributed by atoms with Gasteiger partial charge < -0.3 is 21.7 Å². The van der Waals surface area contributed by atoms with Gasteiger partial charge >= 0.3 is 0 Å². The molecule has 0 spiro atoms. The van der Waals surface area contributed by atoms with Gasteiger partial charge in [-0.2, -0.15) is 0 Å². The van der Waals surface area contributed by atoms with Gasteiger partial charge in [0.1, 0.15) is 0 Å². The number of para-hydroxylation sites is 1. The van der Waals surface area contributed by atoms with Crippen molar-refractivity contribution in [3.63, 3.8) is 0 Å². The molecule has 6 nitrogen and oxygen atoms in total. The number of hydrogen-bond donors (Lipinski definition) is 4. The average Bonchev–Trinajstić information content (AvgIpc) is 2.61. The van der Waals surface area contributed by atoms with Crippen LogP contribution in [0.2, 0.25) is 0 Å². The molecule has 0 aromatic heterocycles. The zero-order chi connectivity index (χ0) is 17.2. The lowest BCUT2D eigenvalue weighted by Crippen LogP contribution is -2.29. The SMILES string of the molecule is NCCNC(=O)CCC(=O)Nc1ccc(Nc2ccccc2)cc1. The minimum Gasteiger partial charge on any atom is -0.356 e. The van der Waals surface area contributed by atoms with Crippen molar-refractivity contribution in [3.8, 4) is 0 Å². The molecular formula is C18H22N4O2. The number of benzene rings is 2. The quantitative estimate of drug-likeness (QED) is 0.598. The van der Waals surface area contributed by atoms with Gasteiger partial charge in [0.2, 0.25) is 11.8 Å². The minimum atomic E-state index is -0.193. The Balaban J connectivity index is 1.78. The maximum Gasteiger partial charge on any atom is 0.224 e. The summed E-state index contributed by atoms with van der Waals surface area (Å²) < 4.78 is 0. The molecule has 2 aromatic carbocycles. The summed E-state index contributed by atoms with van der Waals surface area (Å²) in [7, 11) is 0. The van der Waals surface area contributed by atoms with Crippen LogP contribution in [0.3, 0.4) is 0 Å². The summed E-state index contributed by atoms with van der Waals surface area (Å²) in [5.74, 6) is -0.361. The summed E-state index contributed by atoms with van der Waals surface area (Å²) in [6.45, 7) is 0.817. The van der Waals surface area contributed by atoms with E-state index in [1.807, 2.05) is 54.6 Å². The molecule has 126 valence electrons. The Hall–Kier alpha value is -2.86. The molecule has 24 heavy (non-hydrogen) atoms. The van der Waals surface area contributed by atoms with E-state index in [1.165, 1.54) is 0 Å². The molecule has 2 amide bonds. The fourth-order valence-corrected chi connectivity index (χ4v) is 2.08. The van der Waals surface area contributed by atoms with Gasteiger partial charge in [-0.05, 0) is 36.4 Å². The third-order valence-corrected chi connectivity index (χ3v) is 3.28. The molecule has 0 aliphatic carbocycles. The van der Waals surface area contributed by atoms with Crippen molar-refractivity contribution in [2.75, 3.05) is 23.7 Å². The van der Waals surface area contributed by atoms with Crippen LogP contribution in [0.25, 0.3) is 0 Å². The Morgan fingerprint density at radius 2 is 1.38 bits per heavy atom. The second-order valence-corrected chi connectivity index (χ2v) is 5.26. The second kappa shape index (κ2) is 9.32. The molecule has 0 fully saturated rings. The smallest absolute Gasteiger partial charge is 0.224 e. The highest BCUT2D eigenvalue weighted by Gasteiger charge is 2.06. The maximum atomic E-state index is 11.8. The summed E-state index contributed by atoms with van der Waals surface area (Å²) in [5, 5.41) is 8.67. The van der Waals surface area contributed by atoms with Gasteiger partial charge in [-0.25, -0.2) is 0 Å². The van der Waals surface area contributed by atoms with Crippen LogP contribution in [-0.4, -0.2) is 24.9 Å². The number of carbonyl (C=O) groups is 2. The molecule has 0 saturated carbocycles. The van der Waals surface area contributed by atoms with Crippen LogP contribution in [0.15, 0.2) is 54.6 Å². The number of anilines is 3. The molecule has 0 atom stereocenters.